The Labute approximate surface area is 154 Å². The van der Waals surface area contributed by atoms with Crippen LogP contribution in [-0.4, -0.2) is 25.6 Å². The Morgan fingerprint density at radius 3 is 2.00 bits per heavy atom. The van der Waals surface area contributed by atoms with Crippen LogP contribution in [0.1, 0.15) is 25.8 Å². The number of hydrogen-bond acceptors (Lipinski definition) is 4. The minimum atomic E-state index is -3.90. The first-order valence-corrected chi connectivity index (χ1v) is 9.90. The van der Waals surface area contributed by atoms with Gasteiger partial charge in [0.2, 0.25) is 10.0 Å². The van der Waals surface area contributed by atoms with Gasteiger partial charge >= 0.3 is 0 Å². The number of carbonyl (C=O) groups excluding carboxylic acids is 1. The van der Waals surface area contributed by atoms with Crippen molar-refractivity contribution in [3.8, 4) is 11.1 Å². The van der Waals surface area contributed by atoms with Crippen LogP contribution >= 0.6 is 0 Å². The summed E-state index contributed by atoms with van der Waals surface area (Å²) in [5, 5.41) is 8.86. The number of hydrogen-bond donors (Lipinski definition) is 3. The van der Waals surface area contributed by atoms with Gasteiger partial charge in [-0.2, -0.15) is 4.72 Å². The highest BCUT2D eigenvalue weighted by molar-refractivity contribution is 7.89. The minimum absolute atomic E-state index is 0.0624. The van der Waals surface area contributed by atoms with Crippen LogP contribution in [0.3, 0.4) is 0 Å². The molecular formula is C19H24N2O4S. The third-order valence-electron chi connectivity index (χ3n) is 4.44. The molecule has 2 rings (SSSR count). The van der Waals surface area contributed by atoms with E-state index in [9.17, 15) is 13.2 Å². The van der Waals surface area contributed by atoms with Gasteiger partial charge in [-0.3, -0.25) is 10.0 Å². The van der Waals surface area contributed by atoms with E-state index < -0.39 is 22.0 Å². The average Bonchev–Trinajstić information content (AvgIpc) is 2.65. The quantitative estimate of drug-likeness (QED) is 0.511. The molecule has 2 aromatic carbocycles. The lowest BCUT2D eigenvalue weighted by atomic mass is 10.00. The van der Waals surface area contributed by atoms with E-state index in [1.54, 1.807) is 19.1 Å². The molecule has 0 aromatic heterocycles. The number of sulfonamides is 1. The summed E-state index contributed by atoms with van der Waals surface area (Å²) >= 11 is 0. The van der Waals surface area contributed by atoms with Crippen molar-refractivity contribution >= 4 is 15.9 Å². The molecule has 0 aliphatic heterocycles. The fourth-order valence-corrected chi connectivity index (χ4v) is 3.85. The van der Waals surface area contributed by atoms with Gasteiger partial charge in [0.25, 0.3) is 5.91 Å². The Morgan fingerprint density at radius 1 is 1.04 bits per heavy atom. The normalized spacial score (nSPS) is 13.8. The summed E-state index contributed by atoms with van der Waals surface area (Å²) in [6.07, 6.45) is 0.576. The Morgan fingerprint density at radius 2 is 1.54 bits per heavy atom. The predicted octanol–water partition coefficient (Wildman–Crippen LogP) is 2.86. The molecule has 0 spiro atoms. The van der Waals surface area contributed by atoms with Crippen molar-refractivity contribution in [2.24, 2.45) is 5.92 Å². The first-order valence-electron chi connectivity index (χ1n) is 8.42. The van der Waals surface area contributed by atoms with E-state index in [1.165, 1.54) is 17.6 Å². The number of benzene rings is 2. The lowest BCUT2D eigenvalue weighted by molar-refractivity contribution is -0.132. The zero-order valence-corrected chi connectivity index (χ0v) is 15.9. The average molecular weight is 376 g/mol. The van der Waals surface area contributed by atoms with E-state index in [2.05, 4.69) is 4.72 Å². The van der Waals surface area contributed by atoms with Gasteiger partial charge in [-0.1, -0.05) is 62.2 Å². The maximum Gasteiger partial charge on any atom is 0.261 e. The summed E-state index contributed by atoms with van der Waals surface area (Å²) in [4.78, 5) is 11.9. The van der Waals surface area contributed by atoms with Crippen LogP contribution < -0.4 is 10.2 Å². The molecule has 7 heteroatoms. The Bertz CT molecular complexity index is 846. The van der Waals surface area contributed by atoms with Crippen LogP contribution in [0.2, 0.25) is 0 Å². The first-order chi connectivity index (χ1) is 12.3. The van der Waals surface area contributed by atoms with Crippen LogP contribution in [0.15, 0.2) is 53.4 Å². The third-order valence-corrected chi connectivity index (χ3v) is 5.89. The van der Waals surface area contributed by atoms with Gasteiger partial charge in [0.15, 0.2) is 0 Å². The van der Waals surface area contributed by atoms with Gasteiger partial charge in [-0.25, -0.2) is 13.9 Å². The molecule has 0 bridgehead atoms. The van der Waals surface area contributed by atoms with Gasteiger partial charge in [0.05, 0.1) is 4.90 Å². The fraction of sp³-hybridized carbons (Fsp3) is 0.316. The summed E-state index contributed by atoms with van der Waals surface area (Å²) in [5.74, 6) is -1.05. The largest absolute Gasteiger partial charge is 0.289 e. The maximum atomic E-state index is 12.6. The number of aryl methyl sites for hydroxylation is 1. The molecule has 0 saturated carbocycles. The second kappa shape index (κ2) is 8.44. The van der Waals surface area contributed by atoms with Crippen LogP contribution in [0, 0.1) is 12.8 Å². The lowest BCUT2D eigenvalue weighted by Gasteiger charge is -2.22. The zero-order valence-electron chi connectivity index (χ0n) is 15.1. The lowest BCUT2D eigenvalue weighted by Crippen LogP contribution is -2.49. The van der Waals surface area contributed by atoms with Gasteiger partial charge in [0.1, 0.15) is 6.04 Å². The number of nitrogens with one attached hydrogen (secondary N) is 2. The van der Waals surface area contributed by atoms with Gasteiger partial charge in [-0.05, 0) is 36.1 Å². The third kappa shape index (κ3) is 4.69. The van der Waals surface area contributed by atoms with Crippen LogP contribution in [0.25, 0.3) is 11.1 Å². The molecule has 26 heavy (non-hydrogen) atoms. The van der Waals surface area contributed by atoms with E-state index in [4.69, 9.17) is 5.21 Å². The molecule has 3 N–H and O–H groups in total. The van der Waals surface area contributed by atoms with Crippen LogP contribution in [-0.2, 0) is 14.8 Å². The van der Waals surface area contributed by atoms with Crippen molar-refractivity contribution < 1.29 is 18.4 Å². The summed E-state index contributed by atoms with van der Waals surface area (Å²) < 4.78 is 27.6. The van der Waals surface area contributed by atoms with Gasteiger partial charge in [0, 0.05) is 0 Å². The Balaban J connectivity index is 2.25. The highest BCUT2D eigenvalue weighted by Gasteiger charge is 2.29. The predicted molar refractivity (Wildman–Crippen MR) is 100 cm³/mol. The molecule has 0 heterocycles. The van der Waals surface area contributed by atoms with Crippen molar-refractivity contribution in [2.75, 3.05) is 0 Å². The van der Waals surface area contributed by atoms with Gasteiger partial charge in [-0.15, -0.1) is 0 Å². The summed E-state index contributed by atoms with van der Waals surface area (Å²) in [5.41, 5.74) is 4.56. The highest BCUT2D eigenvalue weighted by Crippen LogP contribution is 2.22. The first kappa shape index (κ1) is 20.1. The van der Waals surface area contributed by atoms with Gasteiger partial charge < -0.3 is 0 Å². The van der Waals surface area contributed by atoms with Crippen LogP contribution in [0.4, 0.5) is 0 Å². The number of rotatable bonds is 7. The number of amides is 1. The topological polar surface area (TPSA) is 95.5 Å². The van der Waals surface area contributed by atoms with E-state index in [0.717, 1.165) is 16.7 Å². The van der Waals surface area contributed by atoms with Crippen molar-refractivity contribution in [1.29, 1.82) is 0 Å². The summed E-state index contributed by atoms with van der Waals surface area (Å²) in [7, 11) is -3.90. The monoisotopic (exact) mass is 376 g/mol. The molecule has 2 atom stereocenters. The number of hydroxylamine groups is 1. The molecule has 0 aliphatic rings. The van der Waals surface area contributed by atoms with E-state index in [0.29, 0.717) is 6.42 Å². The smallest absolute Gasteiger partial charge is 0.261 e. The molecule has 2 aromatic rings. The van der Waals surface area contributed by atoms with Crippen molar-refractivity contribution in [3.63, 3.8) is 0 Å². The molecule has 0 radical (unpaired) electrons. The molecule has 0 unspecified atom stereocenters. The zero-order chi connectivity index (χ0) is 19.3. The highest BCUT2D eigenvalue weighted by atomic mass is 32.2. The Kier molecular flexibility index (Phi) is 6.52. The molecule has 0 fully saturated rings. The van der Waals surface area contributed by atoms with Crippen LogP contribution in [0.5, 0.6) is 0 Å². The molecule has 6 nitrogen and oxygen atoms in total. The molecule has 1 amide bonds. The minimum Gasteiger partial charge on any atom is -0.289 e. The second-order valence-electron chi connectivity index (χ2n) is 6.35. The summed E-state index contributed by atoms with van der Waals surface area (Å²) in [6.45, 7) is 5.58. The van der Waals surface area contributed by atoms with E-state index in [1.807, 2.05) is 38.1 Å². The maximum absolute atomic E-state index is 12.6. The molecular weight excluding hydrogens is 352 g/mol. The molecule has 0 saturated heterocycles. The van der Waals surface area contributed by atoms with Crippen molar-refractivity contribution in [1.82, 2.24) is 10.2 Å². The molecule has 140 valence electrons. The number of carbonyl (C=O) groups is 1. The standard InChI is InChI=1S/C19H24N2O4S/c1-4-14(3)18(19(22)20-23)21-26(24,25)17-11-9-16(10-12-17)15-7-5-13(2)6-8-15/h5-12,14,18,21,23H,4H2,1-3H3,(H,20,22)/t14-,18-/m0/s1. The second-order valence-corrected chi connectivity index (χ2v) is 8.06. The molecule has 0 aliphatic carbocycles. The van der Waals surface area contributed by atoms with Crippen molar-refractivity contribution in [2.45, 2.75) is 38.1 Å². The summed E-state index contributed by atoms with van der Waals surface area (Å²) in [6, 6.07) is 13.3. The van der Waals surface area contributed by atoms with E-state index in [-0.39, 0.29) is 10.8 Å². The SMILES string of the molecule is CC[C@H](C)[C@H](NS(=O)(=O)c1ccc(-c2ccc(C)cc2)cc1)C(=O)NO. The Hall–Kier alpha value is -2.22. The van der Waals surface area contributed by atoms with Crippen molar-refractivity contribution in [3.05, 3.63) is 54.1 Å². The van der Waals surface area contributed by atoms with E-state index >= 15 is 0 Å². The fourth-order valence-electron chi connectivity index (χ4n) is 2.54.